The van der Waals surface area contributed by atoms with Crippen LogP contribution in [0.2, 0.25) is 5.02 Å². The molecule has 3 aliphatic heterocycles. The molecule has 2 aromatic rings. The van der Waals surface area contributed by atoms with Crippen molar-refractivity contribution in [1.82, 2.24) is 4.90 Å². The Morgan fingerprint density at radius 3 is 2.43 bits per heavy atom. The molecular weight excluding hydrogens is 374 g/mol. The van der Waals surface area contributed by atoms with Crippen molar-refractivity contribution in [3.8, 4) is 0 Å². The molecule has 0 aliphatic carbocycles. The first-order chi connectivity index (χ1) is 13.5. The van der Waals surface area contributed by atoms with E-state index in [9.17, 15) is 9.90 Å². The minimum atomic E-state index is -1.02. The lowest BCUT2D eigenvalue weighted by Crippen LogP contribution is -2.55. The molecule has 2 bridgehead atoms. The fraction of sp³-hybridized carbons (Fsp3) is 0.435. The first-order valence-corrected chi connectivity index (χ1v) is 10.4. The third kappa shape index (κ3) is 3.69. The summed E-state index contributed by atoms with van der Waals surface area (Å²) in [4.78, 5) is 13.7. The van der Waals surface area contributed by atoms with Gasteiger partial charge in [-0.1, -0.05) is 48.0 Å². The van der Waals surface area contributed by atoms with Crippen LogP contribution in [0.4, 0.5) is 0 Å². The van der Waals surface area contributed by atoms with Crippen LogP contribution in [0, 0.1) is 11.8 Å². The molecule has 0 amide bonds. The minimum Gasteiger partial charge on any atom is -0.478 e. The van der Waals surface area contributed by atoms with E-state index in [0.717, 1.165) is 43.6 Å². The molecular formula is C23H26ClNO3. The number of hydrogen-bond acceptors (Lipinski definition) is 3. The van der Waals surface area contributed by atoms with Crippen LogP contribution in [0.15, 0.2) is 48.5 Å². The van der Waals surface area contributed by atoms with Gasteiger partial charge in [-0.15, -0.1) is 0 Å². The highest BCUT2D eigenvalue weighted by atomic mass is 35.5. The zero-order chi connectivity index (χ0) is 19.7. The van der Waals surface area contributed by atoms with Gasteiger partial charge in [-0.25, -0.2) is 4.79 Å². The zero-order valence-electron chi connectivity index (χ0n) is 15.9. The maximum absolute atomic E-state index is 11.9. The van der Waals surface area contributed by atoms with Gasteiger partial charge < -0.3 is 15.1 Å². The average molecular weight is 400 g/mol. The van der Waals surface area contributed by atoms with Crippen LogP contribution in [0.5, 0.6) is 0 Å². The Bertz CT molecular complexity index is 848. The molecule has 3 fully saturated rings. The first-order valence-electron chi connectivity index (χ1n) is 9.99. The van der Waals surface area contributed by atoms with E-state index in [1.165, 1.54) is 0 Å². The lowest BCUT2D eigenvalue weighted by Gasteiger charge is -2.51. The SMILES string of the molecule is O=C(O)c1ccc(CCC(O)(c2ccccc2)C2CN3CCC2CC3)cc1Cl. The predicted octanol–water partition coefficient (Wildman–Crippen LogP) is 4.20. The van der Waals surface area contributed by atoms with Gasteiger partial charge in [0.25, 0.3) is 0 Å². The Labute approximate surface area is 170 Å². The number of piperidine rings is 3. The summed E-state index contributed by atoms with van der Waals surface area (Å²) in [6.07, 6.45) is 3.54. The normalized spacial score (nSPS) is 26.0. The van der Waals surface area contributed by atoms with Crippen LogP contribution in [0.25, 0.3) is 0 Å². The average Bonchev–Trinajstić information content (AvgIpc) is 2.73. The molecule has 0 radical (unpaired) electrons. The Hall–Kier alpha value is -1.88. The number of carbonyl (C=O) groups is 1. The Balaban J connectivity index is 1.60. The van der Waals surface area contributed by atoms with Crippen LogP contribution < -0.4 is 0 Å². The second kappa shape index (κ2) is 7.86. The second-order valence-corrected chi connectivity index (χ2v) is 8.56. The zero-order valence-corrected chi connectivity index (χ0v) is 16.6. The maximum atomic E-state index is 11.9. The topological polar surface area (TPSA) is 60.8 Å². The number of carboxylic acids is 1. The molecule has 148 valence electrons. The highest BCUT2D eigenvalue weighted by Crippen LogP contribution is 2.45. The van der Waals surface area contributed by atoms with E-state index in [0.29, 0.717) is 18.8 Å². The summed E-state index contributed by atoms with van der Waals surface area (Å²) in [5.74, 6) is -0.260. The standard InChI is InChI=1S/C23H26ClNO3/c24-21-14-16(6-7-19(21)22(26)27)8-11-23(28,18-4-2-1-3-5-18)20-15-25-12-9-17(20)10-13-25/h1-7,14,17,20,28H,8-13,15H2,(H,26,27). The van der Waals surface area contributed by atoms with E-state index < -0.39 is 11.6 Å². The lowest BCUT2D eigenvalue weighted by atomic mass is 9.66. The summed E-state index contributed by atoms with van der Waals surface area (Å²) in [5, 5.41) is 21.4. The van der Waals surface area contributed by atoms with Crippen LogP contribution in [0.1, 0.15) is 40.7 Å². The van der Waals surface area contributed by atoms with Crippen molar-refractivity contribution < 1.29 is 15.0 Å². The van der Waals surface area contributed by atoms with Gasteiger partial charge in [-0.2, -0.15) is 0 Å². The van der Waals surface area contributed by atoms with Crippen molar-refractivity contribution in [2.45, 2.75) is 31.3 Å². The molecule has 2 aromatic carbocycles. The van der Waals surface area contributed by atoms with Crippen LogP contribution in [0.3, 0.4) is 0 Å². The Kier molecular flexibility index (Phi) is 5.46. The molecule has 3 aliphatic rings. The summed E-state index contributed by atoms with van der Waals surface area (Å²) in [6.45, 7) is 3.21. The molecule has 2 atom stereocenters. The van der Waals surface area contributed by atoms with Crippen molar-refractivity contribution in [1.29, 1.82) is 0 Å². The van der Waals surface area contributed by atoms with E-state index >= 15 is 0 Å². The molecule has 3 saturated heterocycles. The van der Waals surface area contributed by atoms with Crippen LogP contribution in [-0.2, 0) is 12.0 Å². The molecule has 28 heavy (non-hydrogen) atoms. The fourth-order valence-electron chi connectivity index (χ4n) is 5.00. The summed E-state index contributed by atoms with van der Waals surface area (Å²) >= 11 is 6.14. The molecule has 2 unspecified atom stereocenters. The second-order valence-electron chi connectivity index (χ2n) is 8.15. The van der Waals surface area contributed by atoms with Crippen molar-refractivity contribution in [3.05, 3.63) is 70.2 Å². The number of fused-ring (bicyclic) bond motifs is 3. The quantitative estimate of drug-likeness (QED) is 0.764. The molecule has 3 heterocycles. The number of rotatable bonds is 6. The molecule has 2 N–H and O–H groups in total. The van der Waals surface area contributed by atoms with Crippen LogP contribution >= 0.6 is 11.6 Å². The fourth-order valence-corrected chi connectivity index (χ4v) is 5.28. The number of halogens is 1. The summed E-state index contributed by atoms with van der Waals surface area (Å²) in [6, 6.07) is 15.1. The number of hydrogen-bond donors (Lipinski definition) is 2. The van der Waals surface area contributed by atoms with Gasteiger partial charge >= 0.3 is 5.97 Å². The number of benzene rings is 2. The van der Waals surface area contributed by atoms with Gasteiger partial charge in [0.15, 0.2) is 0 Å². The van der Waals surface area contributed by atoms with Crippen molar-refractivity contribution >= 4 is 17.6 Å². The van der Waals surface area contributed by atoms with Gasteiger partial charge in [0, 0.05) is 12.5 Å². The van der Waals surface area contributed by atoms with Crippen molar-refractivity contribution in [3.63, 3.8) is 0 Å². The highest BCUT2D eigenvalue weighted by molar-refractivity contribution is 6.33. The summed E-state index contributed by atoms with van der Waals surface area (Å²) < 4.78 is 0. The number of aliphatic hydroxyl groups is 1. The smallest absolute Gasteiger partial charge is 0.337 e. The van der Waals surface area contributed by atoms with Gasteiger partial charge in [0.1, 0.15) is 0 Å². The summed E-state index contributed by atoms with van der Waals surface area (Å²) in [5.41, 5.74) is 1.14. The van der Waals surface area contributed by atoms with E-state index in [1.807, 2.05) is 30.3 Å². The third-order valence-electron chi connectivity index (χ3n) is 6.60. The Morgan fingerprint density at radius 2 is 1.86 bits per heavy atom. The molecule has 0 saturated carbocycles. The molecule has 4 nitrogen and oxygen atoms in total. The van der Waals surface area contributed by atoms with E-state index in [1.54, 1.807) is 18.2 Å². The monoisotopic (exact) mass is 399 g/mol. The first kappa shape index (κ1) is 19.4. The van der Waals surface area contributed by atoms with Crippen molar-refractivity contribution in [2.24, 2.45) is 11.8 Å². The molecule has 5 rings (SSSR count). The largest absolute Gasteiger partial charge is 0.478 e. The van der Waals surface area contributed by atoms with E-state index in [4.69, 9.17) is 16.7 Å². The number of carboxylic acid groups (broad SMARTS) is 1. The highest BCUT2D eigenvalue weighted by Gasteiger charge is 2.47. The summed E-state index contributed by atoms with van der Waals surface area (Å²) in [7, 11) is 0. The Morgan fingerprint density at radius 1 is 1.14 bits per heavy atom. The molecule has 0 spiro atoms. The van der Waals surface area contributed by atoms with Gasteiger partial charge in [0.2, 0.25) is 0 Å². The van der Waals surface area contributed by atoms with Gasteiger partial charge in [0.05, 0.1) is 16.2 Å². The van der Waals surface area contributed by atoms with Gasteiger partial charge in [-0.3, -0.25) is 0 Å². The predicted molar refractivity (Wildman–Crippen MR) is 110 cm³/mol. The number of nitrogens with zero attached hydrogens (tertiary/aromatic N) is 1. The van der Waals surface area contributed by atoms with Crippen molar-refractivity contribution in [2.75, 3.05) is 19.6 Å². The van der Waals surface area contributed by atoms with Gasteiger partial charge in [-0.05, 0) is 68.0 Å². The number of aromatic carboxylic acids is 1. The third-order valence-corrected chi connectivity index (χ3v) is 6.91. The maximum Gasteiger partial charge on any atom is 0.337 e. The van der Waals surface area contributed by atoms with E-state index in [-0.39, 0.29) is 16.5 Å². The van der Waals surface area contributed by atoms with E-state index in [2.05, 4.69) is 4.90 Å². The van der Waals surface area contributed by atoms with Crippen LogP contribution in [-0.4, -0.2) is 40.7 Å². The minimum absolute atomic E-state index is 0.112. The lowest BCUT2D eigenvalue weighted by molar-refractivity contribution is -0.106. The molecule has 0 aromatic heterocycles. The number of aryl methyl sites for hydroxylation is 1. The molecule has 5 heteroatoms.